The van der Waals surface area contributed by atoms with Crippen LogP contribution in [-0.4, -0.2) is 13.1 Å². The van der Waals surface area contributed by atoms with Crippen LogP contribution in [0.4, 0.5) is 0 Å². The lowest BCUT2D eigenvalue weighted by molar-refractivity contribution is 0.0602. The monoisotopic (exact) mass is 332 g/mol. The number of carbonyl (C=O) groups is 1. The molecule has 0 radical (unpaired) electrons. The second kappa shape index (κ2) is 6.80. The normalized spacial score (nSPS) is 11.4. The fourth-order valence-electron chi connectivity index (χ4n) is 3.03. The van der Waals surface area contributed by atoms with Crippen LogP contribution in [0.3, 0.4) is 0 Å². The molecule has 1 aromatic carbocycles. The molecule has 2 heterocycles. The Kier molecular flexibility index (Phi) is 4.79. The lowest BCUT2D eigenvalue weighted by Crippen LogP contribution is -2.07. The summed E-state index contributed by atoms with van der Waals surface area (Å²) < 4.78 is 7.60. The van der Waals surface area contributed by atoms with Gasteiger partial charge in [0.25, 0.3) is 0 Å². The van der Waals surface area contributed by atoms with Crippen molar-refractivity contribution in [2.75, 3.05) is 7.11 Å². The SMILES string of the molecule is CCCCCCc1c(C(=O)OC)c2ccsc2c2sccc12. The highest BCUT2D eigenvalue weighted by atomic mass is 32.1. The molecule has 0 bridgehead atoms. The predicted molar refractivity (Wildman–Crippen MR) is 96.4 cm³/mol. The largest absolute Gasteiger partial charge is 0.465 e. The average Bonchev–Trinajstić information content (AvgIpc) is 3.18. The van der Waals surface area contributed by atoms with Gasteiger partial charge in [0, 0.05) is 5.39 Å². The van der Waals surface area contributed by atoms with E-state index in [9.17, 15) is 4.79 Å². The van der Waals surface area contributed by atoms with Crippen LogP contribution in [0.1, 0.15) is 48.5 Å². The number of unbranched alkanes of at least 4 members (excludes halogenated alkanes) is 3. The summed E-state index contributed by atoms with van der Waals surface area (Å²) in [6, 6.07) is 4.21. The zero-order valence-electron chi connectivity index (χ0n) is 13.0. The molecule has 0 aliphatic carbocycles. The molecule has 2 nitrogen and oxygen atoms in total. The number of rotatable bonds is 6. The van der Waals surface area contributed by atoms with Gasteiger partial charge in [-0.2, -0.15) is 0 Å². The van der Waals surface area contributed by atoms with Crippen LogP contribution in [-0.2, 0) is 11.2 Å². The molecular formula is C18H20O2S2. The molecule has 0 amide bonds. The van der Waals surface area contributed by atoms with Gasteiger partial charge < -0.3 is 4.74 Å². The van der Waals surface area contributed by atoms with E-state index >= 15 is 0 Å². The average molecular weight is 332 g/mol. The molecule has 0 saturated heterocycles. The topological polar surface area (TPSA) is 26.3 Å². The maximum Gasteiger partial charge on any atom is 0.338 e. The van der Waals surface area contributed by atoms with E-state index in [4.69, 9.17) is 4.74 Å². The van der Waals surface area contributed by atoms with Crippen molar-refractivity contribution in [1.82, 2.24) is 0 Å². The number of hydrogen-bond acceptors (Lipinski definition) is 4. The Bertz CT molecular complexity index is 798. The van der Waals surface area contributed by atoms with Gasteiger partial charge in [-0.15, -0.1) is 22.7 Å². The van der Waals surface area contributed by atoms with Crippen molar-refractivity contribution in [3.05, 3.63) is 34.0 Å². The lowest BCUT2D eigenvalue weighted by atomic mass is 9.95. The summed E-state index contributed by atoms with van der Waals surface area (Å²) in [4.78, 5) is 12.4. The molecule has 0 fully saturated rings. The summed E-state index contributed by atoms with van der Waals surface area (Å²) in [5, 5.41) is 6.48. The first-order valence-corrected chi connectivity index (χ1v) is 9.51. The first-order chi connectivity index (χ1) is 10.8. The summed E-state index contributed by atoms with van der Waals surface area (Å²) in [6.07, 6.45) is 5.76. The Labute approximate surface area is 138 Å². The molecule has 0 aliphatic heterocycles. The number of methoxy groups -OCH3 is 1. The van der Waals surface area contributed by atoms with Crippen molar-refractivity contribution in [3.63, 3.8) is 0 Å². The van der Waals surface area contributed by atoms with Crippen LogP contribution >= 0.6 is 22.7 Å². The Balaban J connectivity index is 2.15. The highest BCUT2D eigenvalue weighted by Crippen LogP contribution is 2.40. The number of aryl methyl sites for hydroxylation is 1. The van der Waals surface area contributed by atoms with Crippen molar-refractivity contribution in [2.24, 2.45) is 0 Å². The summed E-state index contributed by atoms with van der Waals surface area (Å²) >= 11 is 3.47. The molecule has 0 atom stereocenters. The molecule has 116 valence electrons. The van der Waals surface area contributed by atoms with Gasteiger partial charge >= 0.3 is 5.97 Å². The third-order valence-electron chi connectivity index (χ3n) is 4.10. The Morgan fingerprint density at radius 2 is 1.73 bits per heavy atom. The number of carbonyl (C=O) groups excluding carboxylic acids is 1. The summed E-state index contributed by atoms with van der Waals surface area (Å²) in [5.74, 6) is -0.206. The molecule has 0 aliphatic rings. The number of esters is 1. The molecule has 0 saturated carbocycles. The van der Waals surface area contributed by atoms with Gasteiger partial charge in [0.15, 0.2) is 0 Å². The minimum atomic E-state index is -0.206. The first-order valence-electron chi connectivity index (χ1n) is 7.75. The molecule has 2 aromatic heterocycles. The molecule has 3 rings (SSSR count). The van der Waals surface area contributed by atoms with Gasteiger partial charge in [-0.3, -0.25) is 0 Å². The van der Waals surface area contributed by atoms with E-state index in [0.29, 0.717) is 0 Å². The molecule has 0 unspecified atom stereocenters. The predicted octanol–water partition coefficient (Wildman–Crippen LogP) is 6.03. The fraction of sp³-hybridized carbons (Fsp3) is 0.389. The van der Waals surface area contributed by atoms with Crippen LogP contribution in [0, 0.1) is 0 Å². The van der Waals surface area contributed by atoms with E-state index in [2.05, 4.69) is 29.8 Å². The van der Waals surface area contributed by atoms with Crippen molar-refractivity contribution < 1.29 is 9.53 Å². The number of fused-ring (bicyclic) bond motifs is 3. The fourth-order valence-corrected chi connectivity index (χ4v) is 5.04. The minimum Gasteiger partial charge on any atom is -0.465 e. The quantitative estimate of drug-likeness (QED) is 0.407. The molecule has 3 aromatic rings. The van der Waals surface area contributed by atoms with Crippen molar-refractivity contribution in [3.8, 4) is 0 Å². The maximum absolute atomic E-state index is 12.4. The lowest BCUT2D eigenvalue weighted by Gasteiger charge is -2.12. The Morgan fingerprint density at radius 3 is 2.41 bits per heavy atom. The molecule has 4 heteroatoms. The first kappa shape index (κ1) is 15.5. The van der Waals surface area contributed by atoms with Gasteiger partial charge in [0.05, 0.1) is 22.1 Å². The van der Waals surface area contributed by atoms with Gasteiger partial charge in [-0.25, -0.2) is 4.79 Å². The van der Waals surface area contributed by atoms with E-state index in [1.807, 2.05) is 0 Å². The second-order valence-electron chi connectivity index (χ2n) is 5.48. The molecule has 0 N–H and O–H groups in total. The van der Waals surface area contributed by atoms with E-state index in [1.54, 1.807) is 22.7 Å². The molecule has 0 spiro atoms. The maximum atomic E-state index is 12.4. The Hall–Kier alpha value is -1.39. The molecular weight excluding hydrogens is 312 g/mol. The summed E-state index contributed by atoms with van der Waals surface area (Å²) in [6.45, 7) is 2.22. The zero-order valence-corrected chi connectivity index (χ0v) is 14.6. The highest BCUT2D eigenvalue weighted by Gasteiger charge is 2.21. The standard InChI is InChI=1S/C18H20O2S2/c1-3-4-5-6-7-12-13-8-10-21-16(13)17-14(9-11-22-17)15(12)18(19)20-2/h8-11H,3-7H2,1-2H3. The summed E-state index contributed by atoms with van der Waals surface area (Å²) in [5.41, 5.74) is 1.95. The second-order valence-corrected chi connectivity index (χ2v) is 7.31. The van der Waals surface area contributed by atoms with E-state index in [-0.39, 0.29) is 5.97 Å². The van der Waals surface area contributed by atoms with Crippen LogP contribution in [0.25, 0.3) is 20.2 Å². The van der Waals surface area contributed by atoms with Crippen LogP contribution in [0.5, 0.6) is 0 Å². The van der Waals surface area contributed by atoms with Gasteiger partial charge in [-0.1, -0.05) is 26.2 Å². The van der Waals surface area contributed by atoms with Crippen LogP contribution in [0.15, 0.2) is 22.9 Å². The highest BCUT2D eigenvalue weighted by molar-refractivity contribution is 7.25. The number of ether oxygens (including phenoxy) is 1. The van der Waals surface area contributed by atoms with Crippen molar-refractivity contribution in [1.29, 1.82) is 0 Å². The zero-order chi connectivity index (χ0) is 15.5. The third-order valence-corrected chi connectivity index (χ3v) is 6.10. The Morgan fingerprint density at radius 1 is 1.05 bits per heavy atom. The van der Waals surface area contributed by atoms with E-state index in [0.717, 1.165) is 23.8 Å². The number of hydrogen-bond donors (Lipinski definition) is 0. The summed E-state index contributed by atoms with van der Waals surface area (Å²) in [7, 11) is 1.47. The van der Waals surface area contributed by atoms with Gasteiger partial charge in [0.2, 0.25) is 0 Å². The van der Waals surface area contributed by atoms with Gasteiger partial charge in [0.1, 0.15) is 0 Å². The number of thiophene rings is 2. The molecule has 22 heavy (non-hydrogen) atoms. The third kappa shape index (κ3) is 2.66. The van der Waals surface area contributed by atoms with Crippen molar-refractivity contribution in [2.45, 2.75) is 39.0 Å². The van der Waals surface area contributed by atoms with Gasteiger partial charge in [-0.05, 0) is 46.7 Å². The van der Waals surface area contributed by atoms with Crippen molar-refractivity contribution >= 4 is 48.8 Å². The van der Waals surface area contributed by atoms with Crippen LogP contribution in [0.2, 0.25) is 0 Å². The smallest absolute Gasteiger partial charge is 0.338 e. The van der Waals surface area contributed by atoms with E-state index in [1.165, 1.54) is 46.7 Å². The van der Waals surface area contributed by atoms with E-state index < -0.39 is 0 Å². The number of benzene rings is 1. The van der Waals surface area contributed by atoms with Crippen LogP contribution < -0.4 is 0 Å². The minimum absolute atomic E-state index is 0.206.